The Kier molecular flexibility index (Phi) is 7.76. The first-order chi connectivity index (χ1) is 9.09. The summed E-state index contributed by atoms with van der Waals surface area (Å²) in [5.74, 6) is 0.748. The summed E-state index contributed by atoms with van der Waals surface area (Å²) in [6.45, 7) is 10.1. The van der Waals surface area contributed by atoms with Crippen LogP contribution in [0.5, 0.6) is 0 Å². The molecule has 108 valence electrons. The topological polar surface area (TPSA) is 15.3 Å². The van der Waals surface area contributed by atoms with Crippen LogP contribution in [0.2, 0.25) is 0 Å². The van der Waals surface area contributed by atoms with E-state index in [9.17, 15) is 0 Å². The Morgan fingerprint density at radius 3 is 2.42 bits per heavy atom. The van der Waals surface area contributed by atoms with E-state index >= 15 is 0 Å². The second kappa shape index (κ2) is 9.11. The summed E-state index contributed by atoms with van der Waals surface area (Å²) >= 11 is 0. The molecule has 2 heteroatoms. The average Bonchev–Trinajstić information content (AvgIpc) is 2.38. The van der Waals surface area contributed by atoms with E-state index in [0.717, 1.165) is 25.6 Å². The van der Waals surface area contributed by atoms with Crippen LogP contribution in [-0.4, -0.2) is 31.1 Å². The lowest BCUT2D eigenvalue weighted by molar-refractivity contribution is 0.234. The summed E-state index contributed by atoms with van der Waals surface area (Å²) in [5, 5.41) is 3.51. The fourth-order valence-corrected chi connectivity index (χ4v) is 2.16. The minimum atomic E-state index is 0.640. The highest BCUT2D eigenvalue weighted by atomic mass is 15.1. The molecule has 0 aliphatic rings. The van der Waals surface area contributed by atoms with Crippen LogP contribution in [0.25, 0.3) is 0 Å². The van der Waals surface area contributed by atoms with Gasteiger partial charge in [0.2, 0.25) is 0 Å². The largest absolute Gasteiger partial charge is 0.316 e. The minimum Gasteiger partial charge on any atom is -0.316 e. The molecule has 1 unspecified atom stereocenters. The SMILES string of the molecule is CC(C)CNCCCC(C)N(C)Cc1ccccc1. The van der Waals surface area contributed by atoms with Crippen LogP contribution in [0, 0.1) is 5.92 Å². The Morgan fingerprint density at radius 2 is 1.79 bits per heavy atom. The molecule has 0 heterocycles. The molecule has 1 aromatic rings. The summed E-state index contributed by atoms with van der Waals surface area (Å²) in [7, 11) is 2.22. The maximum absolute atomic E-state index is 3.51. The van der Waals surface area contributed by atoms with E-state index in [-0.39, 0.29) is 0 Å². The van der Waals surface area contributed by atoms with Crippen LogP contribution >= 0.6 is 0 Å². The van der Waals surface area contributed by atoms with E-state index in [1.54, 1.807) is 0 Å². The highest BCUT2D eigenvalue weighted by Gasteiger charge is 2.09. The molecule has 19 heavy (non-hydrogen) atoms. The van der Waals surface area contributed by atoms with Gasteiger partial charge in [-0.1, -0.05) is 44.2 Å². The number of hydrogen-bond acceptors (Lipinski definition) is 2. The fraction of sp³-hybridized carbons (Fsp3) is 0.647. The van der Waals surface area contributed by atoms with Crippen LogP contribution in [0.3, 0.4) is 0 Å². The summed E-state index contributed by atoms with van der Waals surface area (Å²) < 4.78 is 0. The van der Waals surface area contributed by atoms with Crippen molar-refractivity contribution in [3.05, 3.63) is 35.9 Å². The fourth-order valence-electron chi connectivity index (χ4n) is 2.16. The molecular weight excluding hydrogens is 232 g/mol. The highest BCUT2D eigenvalue weighted by molar-refractivity contribution is 5.14. The first kappa shape index (κ1) is 16.2. The minimum absolute atomic E-state index is 0.640. The number of benzene rings is 1. The zero-order valence-electron chi connectivity index (χ0n) is 13.0. The summed E-state index contributed by atoms with van der Waals surface area (Å²) in [6, 6.07) is 11.3. The molecule has 0 amide bonds. The van der Waals surface area contributed by atoms with Gasteiger partial charge in [-0.05, 0) is 51.4 Å². The van der Waals surface area contributed by atoms with Crippen molar-refractivity contribution in [2.75, 3.05) is 20.1 Å². The molecule has 1 aromatic carbocycles. The molecule has 0 aliphatic heterocycles. The predicted octanol–water partition coefficient (Wildman–Crippen LogP) is 3.53. The molecule has 2 nitrogen and oxygen atoms in total. The van der Waals surface area contributed by atoms with Gasteiger partial charge in [-0.2, -0.15) is 0 Å². The van der Waals surface area contributed by atoms with Crippen molar-refractivity contribution >= 4 is 0 Å². The van der Waals surface area contributed by atoms with Gasteiger partial charge in [0.1, 0.15) is 0 Å². The van der Waals surface area contributed by atoms with Crippen LogP contribution in [-0.2, 0) is 6.54 Å². The molecule has 0 bridgehead atoms. The van der Waals surface area contributed by atoms with Crippen molar-refractivity contribution in [3.8, 4) is 0 Å². The zero-order valence-corrected chi connectivity index (χ0v) is 13.0. The maximum Gasteiger partial charge on any atom is 0.0233 e. The van der Waals surface area contributed by atoms with Gasteiger partial charge < -0.3 is 5.32 Å². The third kappa shape index (κ3) is 7.34. The number of rotatable bonds is 9. The van der Waals surface area contributed by atoms with E-state index in [2.05, 4.69) is 68.4 Å². The van der Waals surface area contributed by atoms with E-state index in [0.29, 0.717) is 6.04 Å². The number of hydrogen-bond donors (Lipinski definition) is 1. The van der Waals surface area contributed by atoms with Crippen LogP contribution in [0.4, 0.5) is 0 Å². The first-order valence-electron chi connectivity index (χ1n) is 7.54. The third-order valence-electron chi connectivity index (χ3n) is 3.56. The van der Waals surface area contributed by atoms with Crippen molar-refractivity contribution in [1.29, 1.82) is 0 Å². The zero-order chi connectivity index (χ0) is 14.1. The molecular formula is C17H30N2. The predicted molar refractivity (Wildman–Crippen MR) is 84.3 cm³/mol. The van der Waals surface area contributed by atoms with E-state index in [1.807, 2.05) is 0 Å². The normalized spacial score (nSPS) is 13.2. The second-order valence-electron chi connectivity index (χ2n) is 5.99. The van der Waals surface area contributed by atoms with Gasteiger partial charge in [-0.25, -0.2) is 0 Å². The second-order valence-corrected chi connectivity index (χ2v) is 5.99. The molecule has 0 saturated carbocycles. The smallest absolute Gasteiger partial charge is 0.0233 e. The summed E-state index contributed by atoms with van der Waals surface area (Å²) in [6.07, 6.45) is 2.52. The number of nitrogens with zero attached hydrogens (tertiary/aromatic N) is 1. The Bertz CT molecular complexity index is 321. The van der Waals surface area contributed by atoms with E-state index in [4.69, 9.17) is 0 Å². The number of nitrogens with one attached hydrogen (secondary N) is 1. The van der Waals surface area contributed by atoms with Gasteiger partial charge in [-0.15, -0.1) is 0 Å². The summed E-state index contributed by atoms with van der Waals surface area (Å²) in [4.78, 5) is 2.44. The van der Waals surface area contributed by atoms with Gasteiger partial charge in [-0.3, -0.25) is 4.90 Å². The van der Waals surface area contributed by atoms with Crippen molar-refractivity contribution in [1.82, 2.24) is 10.2 Å². The van der Waals surface area contributed by atoms with Crippen LogP contribution < -0.4 is 5.32 Å². The van der Waals surface area contributed by atoms with Crippen molar-refractivity contribution in [2.45, 2.75) is 46.2 Å². The van der Waals surface area contributed by atoms with Crippen LogP contribution in [0.1, 0.15) is 39.2 Å². The third-order valence-corrected chi connectivity index (χ3v) is 3.56. The Balaban J connectivity index is 2.16. The molecule has 0 aromatic heterocycles. The van der Waals surface area contributed by atoms with Gasteiger partial charge >= 0.3 is 0 Å². The van der Waals surface area contributed by atoms with Gasteiger partial charge in [0.15, 0.2) is 0 Å². The molecule has 0 spiro atoms. The lowest BCUT2D eigenvalue weighted by atomic mass is 10.1. The Hall–Kier alpha value is -0.860. The van der Waals surface area contributed by atoms with Crippen molar-refractivity contribution < 1.29 is 0 Å². The Labute approximate surface area is 119 Å². The molecule has 0 radical (unpaired) electrons. The lowest BCUT2D eigenvalue weighted by Gasteiger charge is -2.25. The summed E-state index contributed by atoms with van der Waals surface area (Å²) in [5.41, 5.74) is 1.40. The van der Waals surface area contributed by atoms with Gasteiger partial charge in [0.05, 0.1) is 0 Å². The van der Waals surface area contributed by atoms with E-state index < -0.39 is 0 Å². The van der Waals surface area contributed by atoms with Crippen molar-refractivity contribution in [3.63, 3.8) is 0 Å². The lowest BCUT2D eigenvalue weighted by Crippen LogP contribution is -2.30. The van der Waals surface area contributed by atoms with Crippen LogP contribution in [0.15, 0.2) is 30.3 Å². The Morgan fingerprint density at radius 1 is 1.11 bits per heavy atom. The average molecular weight is 262 g/mol. The first-order valence-corrected chi connectivity index (χ1v) is 7.54. The quantitative estimate of drug-likeness (QED) is 0.685. The molecule has 0 saturated heterocycles. The molecule has 1 N–H and O–H groups in total. The van der Waals surface area contributed by atoms with Gasteiger partial charge in [0, 0.05) is 12.6 Å². The van der Waals surface area contributed by atoms with Crippen molar-refractivity contribution in [2.24, 2.45) is 5.92 Å². The molecule has 0 aliphatic carbocycles. The maximum atomic E-state index is 3.51. The van der Waals surface area contributed by atoms with Gasteiger partial charge in [0.25, 0.3) is 0 Å². The molecule has 0 fully saturated rings. The molecule has 1 atom stereocenters. The van der Waals surface area contributed by atoms with E-state index in [1.165, 1.54) is 18.4 Å². The highest BCUT2D eigenvalue weighted by Crippen LogP contribution is 2.09. The standard InChI is InChI=1S/C17H30N2/c1-15(2)13-18-12-8-9-16(3)19(4)14-17-10-6-5-7-11-17/h5-7,10-11,15-16,18H,8-9,12-14H2,1-4H3. The molecule has 1 rings (SSSR count). The monoisotopic (exact) mass is 262 g/mol.